The number of rotatable bonds is 1. The number of nitrogens with two attached hydrogens (primary N) is 2. The second-order valence-corrected chi connectivity index (χ2v) is 0.577. The first-order chi connectivity index (χ1) is 1.91. The monoisotopic (exact) mass is 213 g/mol. The summed E-state index contributed by atoms with van der Waals surface area (Å²) in [7, 11) is 0. The third-order valence-electron chi connectivity index (χ3n) is 0.167. The Kier molecular flexibility index (Phi) is 17.7. The van der Waals surface area contributed by atoms with Gasteiger partial charge in [0.15, 0.2) is 0 Å². The fourth-order valence-electron chi connectivity index (χ4n) is 0. The maximum absolute atomic E-state index is 4.90. The second kappa shape index (κ2) is 9.09. The van der Waals surface area contributed by atoms with Crippen molar-refractivity contribution in [3.8, 4) is 0 Å². The first kappa shape index (κ1) is 9.71. The Hall–Kier alpha value is 1.50. The molecule has 0 spiro atoms. The van der Waals surface area contributed by atoms with Crippen molar-refractivity contribution in [3.63, 3.8) is 0 Å². The van der Waals surface area contributed by atoms with E-state index in [-0.39, 0.29) is 49.4 Å². The molecule has 0 saturated heterocycles. The van der Waals surface area contributed by atoms with Gasteiger partial charge in [0.05, 0.1) is 0 Å². The standard InChI is InChI=1S/C2H8N2.Eu/c3-1-2-4;/h1-4H2;. The van der Waals surface area contributed by atoms with Crippen LogP contribution in [0.5, 0.6) is 0 Å². The minimum absolute atomic E-state index is 0. The van der Waals surface area contributed by atoms with Crippen LogP contribution in [0.15, 0.2) is 0 Å². The third kappa shape index (κ3) is 10.8. The molecule has 0 bridgehead atoms. The molecule has 0 unspecified atom stereocenters. The summed E-state index contributed by atoms with van der Waals surface area (Å²) in [4.78, 5) is 0. The molecule has 1 radical (unpaired) electrons. The van der Waals surface area contributed by atoms with Crippen LogP contribution in [0, 0.1) is 49.4 Å². The maximum Gasteiger partial charge on any atom is 0.00461 e. The van der Waals surface area contributed by atoms with Crippen molar-refractivity contribution in [2.45, 2.75) is 0 Å². The summed E-state index contributed by atoms with van der Waals surface area (Å²) in [6.07, 6.45) is 0. The van der Waals surface area contributed by atoms with Gasteiger partial charge in [-0.25, -0.2) is 0 Å². The van der Waals surface area contributed by atoms with Crippen molar-refractivity contribution in [1.29, 1.82) is 0 Å². The molecule has 5 heavy (non-hydrogen) atoms. The molecule has 4 N–H and O–H groups in total. The molecule has 2 nitrogen and oxygen atoms in total. The molecule has 0 saturated carbocycles. The first-order valence-corrected chi connectivity index (χ1v) is 1.32. The zero-order valence-electron chi connectivity index (χ0n) is 2.95. The van der Waals surface area contributed by atoms with E-state index in [1.807, 2.05) is 0 Å². The molecule has 0 heterocycles. The van der Waals surface area contributed by atoms with Crippen LogP contribution >= 0.6 is 0 Å². The molecule has 0 fully saturated rings. The van der Waals surface area contributed by atoms with Crippen molar-refractivity contribution in [2.24, 2.45) is 11.5 Å². The van der Waals surface area contributed by atoms with Gasteiger partial charge < -0.3 is 11.5 Å². The van der Waals surface area contributed by atoms with E-state index < -0.39 is 0 Å². The molecular weight excluding hydrogens is 204 g/mol. The van der Waals surface area contributed by atoms with Crippen LogP contribution in [0.3, 0.4) is 0 Å². The molecule has 0 aliphatic carbocycles. The smallest absolute Gasteiger partial charge is 0.00461 e. The van der Waals surface area contributed by atoms with Crippen molar-refractivity contribution in [3.05, 3.63) is 0 Å². The zero-order chi connectivity index (χ0) is 3.41. The third-order valence-corrected chi connectivity index (χ3v) is 0.167. The molecule has 0 aromatic heterocycles. The molecule has 0 rings (SSSR count). The molecule has 33 valence electrons. The van der Waals surface area contributed by atoms with Crippen LogP contribution in [-0.4, -0.2) is 13.1 Å². The predicted molar refractivity (Wildman–Crippen MR) is 18.1 cm³/mol. The Morgan fingerprint density at radius 2 is 1.20 bits per heavy atom. The topological polar surface area (TPSA) is 52.0 Å². The van der Waals surface area contributed by atoms with Gasteiger partial charge in [-0.2, -0.15) is 0 Å². The SMILES string of the molecule is NCCN.[Eu]. The molecule has 0 aromatic rings. The summed E-state index contributed by atoms with van der Waals surface area (Å²) >= 11 is 0. The summed E-state index contributed by atoms with van der Waals surface area (Å²) in [5.74, 6) is 0. The van der Waals surface area contributed by atoms with Gasteiger partial charge in [0.1, 0.15) is 0 Å². The predicted octanol–water partition coefficient (Wildman–Crippen LogP) is -1.10. The van der Waals surface area contributed by atoms with E-state index in [1.54, 1.807) is 0 Å². The van der Waals surface area contributed by atoms with Gasteiger partial charge in [-0.1, -0.05) is 0 Å². The van der Waals surface area contributed by atoms with Gasteiger partial charge in [0.2, 0.25) is 0 Å². The molecule has 3 heteroatoms. The van der Waals surface area contributed by atoms with Gasteiger partial charge in [0.25, 0.3) is 0 Å². The average Bonchev–Trinajstić information content (AvgIpc) is 1.37. The van der Waals surface area contributed by atoms with Crippen molar-refractivity contribution < 1.29 is 49.4 Å². The van der Waals surface area contributed by atoms with E-state index in [4.69, 9.17) is 11.5 Å². The van der Waals surface area contributed by atoms with Gasteiger partial charge in [0, 0.05) is 62.5 Å². The molecule has 0 aliphatic rings. The van der Waals surface area contributed by atoms with Crippen LogP contribution in [0.2, 0.25) is 0 Å². The van der Waals surface area contributed by atoms with E-state index in [0.717, 1.165) is 0 Å². The maximum atomic E-state index is 4.90. The quantitative estimate of drug-likeness (QED) is 0.579. The van der Waals surface area contributed by atoms with Crippen molar-refractivity contribution in [2.75, 3.05) is 13.1 Å². The Bertz CT molecular complexity index is 9.61. The molecule has 0 aromatic carbocycles. The molecule has 0 aliphatic heterocycles. The number of hydrogen-bond donors (Lipinski definition) is 2. The Morgan fingerprint density at radius 1 is 1.00 bits per heavy atom. The summed E-state index contributed by atoms with van der Waals surface area (Å²) in [6, 6.07) is 0. The number of hydrogen-bond acceptors (Lipinski definition) is 2. The normalized spacial score (nSPS) is 6.00. The molecular formula is C2H8EuN2. The molecule has 0 atom stereocenters. The first-order valence-electron chi connectivity index (χ1n) is 1.32. The van der Waals surface area contributed by atoms with E-state index in [0.29, 0.717) is 13.1 Å². The fraction of sp³-hybridized carbons (Fsp3) is 1.00. The second-order valence-electron chi connectivity index (χ2n) is 0.577. The van der Waals surface area contributed by atoms with Gasteiger partial charge in [-0.15, -0.1) is 0 Å². The van der Waals surface area contributed by atoms with E-state index in [9.17, 15) is 0 Å². The summed E-state index contributed by atoms with van der Waals surface area (Å²) in [5, 5.41) is 0. The van der Waals surface area contributed by atoms with Crippen LogP contribution in [0.1, 0.15) is 0 Å². The Labute approximate surface area is 72.8 Å². The zero-order valence-corrected chi connectivity index (χ0v) is 5.37. The van der Waals surface area contributed by atoms with Gasteiger partial charge in [-0.3, -0.25) is 0 Å². The Morgan fingerprint density at radius 3 is 1.20 bits per heavy atom. The van der Waals surface area contributed by atoms with Gasteiger partial charge in [-0.05, 0) is 0 Å². The van der Waals surface area contributed by atoms with Crippen LogP contribution in [0.4, 0.5) is 0 Å². The largest absolute Gasteiger partial charge is 0.329 e. The van der Waals surface area contributed by atoms with Crippen molar-refractivity contribution in [1.82, 2.24) is 0 Å². The van der Waals surface area contributed by atoms with E-state index in [2.05, 4.69) is 0 Å². The fourth-order valence-corrected chi connectivity index (χ4v) is 0. The minimum Gasteiger partial charge on any atom is -0.329 e. The van der Waals surface area contributed by atoms with Crippen molar-refractivity contribution >= 4 is 0 Å². The average molecular weight is 212 g/mol. The minimum atomic E-state index is 0. The van der Waals surface area contributed by atoms with Gasteiger partial charge >= 0.3 is 0 Å². The van der Waals surface area contributed by atoms with Crippen LogP contribution in [-0.2, 0) is 0 Å². The molecule has 0 amide bonds. The van der Waals surface area contributed by atoms with E-state index in [1.165, 1.54) is 0 Å². The summed E-state index contributed by atoms with van der Waals surface area (Å²) in [5.41, 5.74) is 9.81. The Balaban J connectivity index is 0. The van der Waals surface area contributed by atoms with Crippen LogP contribution in [0.25, 0.3) is 0 Å². The van der Waals surface area contributed by atoms with E-state index >= 15 is 0 Å². The van der Waals surface area contributed by atoms with Crippen LogP contribution < -0.4 is 11.5 Å². The summed E-state index contributed by atoms with van der Waals surface area (Å²) < 4.78 is 0. The summed E-state index contributed by atoms with van der Waals surface area (Å²) in [6.45, 7) is 1.19.